The second-order valence-electron chi connectivity index (χ2n) is 6.63. The third-order valence-electron chi connectivity index (χ3n) is 3.65. The van der Waals surface area contributed by atoms with Crippen LogP contribution < -0.4 is 5.73 Å². The summed E-state index contributed by atoms with van der Waals surface area (Å²) in [4.78, 5) is 2.42. The second kappa shape index (κ2) is 6.85. The van der Waals surface area contributed by atoms with Gasteiger partial charge in [0.25, 0.3) is 0 Å². The predicted octanol–water partition coefficient (Wildman–Crippen LogP) is 1.34. The van der Waals surface area contributed by atoms with E-state index in [-0.39, 0.29) is 12.2 Å². The maximum Gasteiger partial charge on any atom is 0.0971 e. The molecule has 1 heterocycles. The first-order valence-corrected chi connectivity index (χ1v) is 6.87. The van der Waals surface area contributed by atoms with Crippen molar-refractivity contribution in [2.45, 2.75) is 39.4 Å². The average molecular weight is 258 g/mol. The zero-order chi connectivity index (χ0) is 13.8. The molecule has 0 aromatic rings. The number of nitrogens with zero attached hydrogens (tertiary/aromatic N) is 1. The highest BCUT2D eigenvalue weighted by molar-refractivity contribution is 4.87. The summed E-state index contributed by atoms with van der Waals surface area (Å²) in [6, 6.07) is 0. The van der Waals surface area contributed by atoms with E-state index in [2.05, 4.69) is 25.7 Å². The molecule has 0 aromatic carbocycles. The number of likely N-dealkylation sites (tertiary alicyclic amines) is 1. The number of nitrogens with two attached hydrogens (primary N) is 1. The van der Waals surface area contributed by atoms with Gasteiger partial charge in [-0.2, -0.15) is 0 Å². The molecule has 1 aliphatic rings. The molecule has 1 saturated heterocycles. The Morgan fingerprint density at radius 2 is 1.67 bits per heavy atom. The molecule has 4 heteroatoms. The smallest absolute Gasteiger partial charge is 0.0971 e. The van der Waals surface area contributed by atoms with E-state index >= 15 is 0 Å². The molecular formula is C14H30N2O2. The topological polar surface area (TPSA) is 47.7 Å². The fraction of sp³-hybridized carbons (Fsp3) is 1.00. The van der Waals surface area contributed by atoms with E-state index in [0.717, 1.165) is 32.6 Å². The molecule has 4 nitrogen and oxygen atoms in total. The van der Waals surface area contributed by atoms with Crippen LogP contribution in [-0.2, 0) is 9.47 Å². The molecule has 0 radical (unpaired) electrons. The van der Waals surface area contributed by atoms with Crippen LogP contribution in [0.25, 0.3) is 0 Å². The normalized spacial score (nSPS) is 27.7. The van der Waals surface area contributed by atoms with Gasteiger partial charge in [-0.05, 0) is 24.3 Å². The molecule has 0 saturated carbocycles. The van der Waals surface area contributed by atoms with Crippen LogP contribution in [0.3, 0.4) is 0 Å². The van der Waals surface area contributed by atoms with Crippen molar-refractivity contribution in [2.24, 2.45) is 17.1 Å². The van der Waals surface area contributed by atoms with Crippen molar-refractivity contribution in [1.29, 1.82) is 0 Å². The number of hydrogen-bond acceptors (Lipinski definition) is 4. The fourth-order valence-electron chi connectivity index (χ4n) is 2.87. The molecule has 0 aliphatic carbocycles. The predicted molar refractivity (Wildman–Crippen MR) is 74.7 cm³/mol. The summed E-state index contributed by atoms with van der Waals surface area (Å²) in [7, 11) is 3.52. The molecule has 108 valence electrons. The molecule has 0 amide bonds. The summed E-state index contributed by atoms with van der Waals surface area (Å²) < 4.78 is 10.9. The van der Waals surface area contributed by atoms with Crippen LogP contribution >= 0.6 is 0 Å². The maximum atomic E-state index is 5.90. The first kappa shape index (κ1) is 15.9. The molecular weight excluding hydrogens is 228 g/mol. The van der Waals surface area contributed by atoms with Crippen molar-refractivity contribution in [1.82, 2.24) is 4.90 Å². The Labute approximate surface area is 112 Å². The summed E-state index contributed by atoms with van der Waals surface area (Å²) in [5, 5.41) is 0. The third-order valence-corrected chi connectivity index (χ3v) is 3.65. The summed E-state index contributed by atoms with van der Waals surface area (Å²) in [6.07, 6.45) is 1.56. The van der Waals surface area contributed by atoms with E-state index in [9.17, 15) is 0 Å². The number of hydrogen-bond donors (Lipinski definition) is 1. The molecule has 1 aliphatic heterocycles. The Morgan fingerprint density at radius 3 is 2.00 bits per heavy atom. The zero-order valence-electron chi connectivity index (χ0n) is 12.6. The van der Waals surface area contributed by atoms with E-state index in [1.807, 2.05) is 0 Å². The number of rotatable bonds is 6. The summed E-state index contributed by atoms with van der Waals surface area (Å²) in [6.45, 7) is 10.5. The van der Waals surface area contributed by atoms with Gasteiger partial charge in [0.1, 0.15) is 0 Å². The van der Waals surface area contributed by atoms with Crippen molar-refractivity contribution >= 4 is 0 Å². The Bertz CT molecular complexity index is 228. The van der Waals surface area contributed by atoms with Crippen LogP contribution in [0.15, 0.2) is 0 Å². The molecule has 0 aromatic heterocycles. The highest BCUT2D eigenvalue weighted by Gasteiger charge is 2.34. The molecule has 0 bridgehead atoms. The lowest BCUT2D eigenvalue weighted by Crippen LogP contribution is -2.34. The van der Waals surface area contributed by atoms with E-state index < -0.39 is 0 Å². The van der Waals surface area contributed by atoms with Gasteiger partial charge in [0, 0.05) is 33.9 Å². The molecule has 3 unspecified atom stereocenters. The highest BCUT2D eigenvalue weighted by atomic mass is 16.5. The van der Waals surface area contributed by atoms with Gasteiger partial charge in [-0.15, -0.1) is 0 Å². The number of ether oxygens (including phenoxy) is 2. The van der Waals surface area contributed by atoms with Crippen LogP contribution in [0.1, 0.15) is 27.2 Å². The molecule has 18 heavy (non-hydrogen) atoms. The lowest BCUT2D eigenvalue weighted by molar-refractivity contribution is -0.00461. The third kappa shape index (κ3) is 4.84. The first-order chi connectivity index (χ1) is 8.39. The van der Waals surface area contributed by atoms with Crippen LogP contribution in [0.4, 0.5) is 0 Å². The maximum absolute atomic E-state index is 5.90. The monoisotopic (exact) mass is 258 g/mol. The van der Waals surface area contributed by atoms with Crippen LogP contribution in [0.5, 0.6) is 0 Å². The highest BCUT2D eigenvalue weighted by Crippen LogP contribution is 2.26. The summed E-state index contributed by atoms with van der Waals surface area (Å²) in [5.41, 5.74) is 6.24. The quantitative estimate of drug-likeness (QED) is 0.781. The van der Waals surface area contributed by atoms with Gasteiger partial charge < -0.3 is 15.2 Å². The molecule has 1 fully saturated rings. The van der Waals surface area contributed by atoms with Crippen molar-refractivity contribution in [2.75, 3.05) is 40.4 Å². The van der Waals surface area contributed by atoms with Gasteiger partial charge in [-0.1, -0.05) is 20.8 Å². The average Bonchev–Trinajstić information content (AvgIpc) is 2.68. The van der Waals surface area contributed by atoms with Crippen LogP contribution in [0, 0.1) is 11.3 Å². The summed E-state index contributed by atoms with van der Waals surface area (Å²) >= 11 is 0. The van der Waals surface area contributed by atoms with Crippen molar-refractivity contribution < 1.29 is 9.47 Å². The van der Waals surface area contributed by atoms with Gasteiger partial charge >= 0.3 is 0 Å². The standard InChI is InChI=1S/C14H30N2O2/c1-14(2,3)6-11(7-15)8-16-9-12(17-4)13(10-16)18-5/h11-13H,6-10,15H2,1-5H3. The van der Waals surface area contributed by atoms with E-state index in [0.29, 0.717) is 11.3 Å². The minimum atomic E-state index is 0.197. The molecule has 3 atom stereocenters. The van der Waals surface area contributed by atoms with Crippen LogP contribution in [0.2, 0.25) is 0 Å². The van der Waals surface area contributed by atoms with Crippen molar-refractivity contribution in [3.8, 4) is 0 Å². The molecule has 1 rings (SSSR count). The molecule has 0 spiro atoms. The van der Waals surface area contributed by atoms with Crippen LogP contribution in [-0.4, -0.2) is 57.5 Å². The Hall–Kier alpha value is -0.160. The van der Waals surface area contributed by atoms with Gasteiger partial charge in [0.05, 0.1) is 12.2 Å². The van der Waals surface area contributed by atoms with Gasteiger partial charge in [-0.3, -0.25) is 4.90 Å². The minimum absolute atomic E-state index is 0.197. The van der Waals surface area contributed by atoms with Gasteiger partial charge in [-0.25, -0.2) is 0 Å². The lowest BCUT2D eigenvalue weighted by Gasteiger charge is -2.28. The van der Waals surface area contributed by atoms with Crippen molar-refractivity contribution in [3.05, 3.63) is 0 Å². The van der Waals surface area contributed by atoms with E-state index in [4.69, 9.17) is 15.2 Å². The zero-order valence-corrected chi connectivity index (χ0v) is 12.6. The Morgan fingerprint density at radius 1 is 1.17 bits per heavy atom. The second-order valence-corrected chi connectivity index (χ2v) is 6.63. The van der Waals surface area contributed by atoms with Gasteiger partial charge in [0.2, 0.25) is 0 Å². The van der Waals surface area contributed by atoms with Gasteiger partial charge in [0.15, 0.2) is 0 Å². The Balaban J connectivity index is 2.46. The minimum Gasteiger partial charge on any atom is -0.377 e. The summed E-state index contributed by atoms with van der Waals surface area (Å²) in [5.74, 6) is 0.554. The van der Waals surface area contributed by atoms with E-state index in [1.165, 1.54) is 0 Å². The fourth-order valence-corrected chi connectivity index (χ4v) is 2.87. The van der Waals surface area contributed by atoms with E-state index in [1.54, 1.807) is 14.2 Å². The molecule has 2 N–H and O–H groups in total. The SMILES string of the molecule is COC1CN(CC(CN)CC(C)(C)C)CC1OC. The lowest BCUT2D eigenvalue weighted by atomic mass is 9.84. The number of methoxy groups -OCH3 is 2. The largest absolute Gasteiger partial charge is 0.377 e. The first-order valence-electron chi connectivity index (χ1n) is 6.87. The van der Waals surface area contributed by atoms with Crippen molar-refractivity contribution in [3.63, 3.8) is 0 Å². The Kier molecular flexibility index (Phi) is 6.05.